The maximum absolute atomic E-state index is 13.5. The smallest absolute Gasteiger partial charge is 0.164 e. The lowest BCUT2D eigenvalue weighted by Crippen LogP contribution is -2.04. The van der Waals surface area contributed by atoms with Crippen LogP contribution in [0, 0.1) is 11.6 Å². The molecule has 0 aliphatic rings. The van der Waals surface area contributed by atoms with E-state index >= 15 is 0 Å². The van der Waals surface area contributed by atoms with Crippen LogP contribution in [0.25, 0.3) is 0 Å². The number of halogens is 2. The number of hydrogen-bond donors (Lipinski definition) is 2. The molecule has 0 saturated carbocycles. The van der Waals surface area contributed by atoms with Crippen molar-refractivity contribution in [3.63, 3.8) is 0 Å². The van der Waals surface area contributed by atoms with Crippen LogP contribution in [-0.2, 0) is 0 Å². The van der Waals surface area contributed by atoms with E-state index in [9.17, 15) is 13.9 Å². The lowest BCUT2D eigenvalue weighted by molar-refractivity contribution is 0.213. The lowest BCUT2D eigenvalue weighted by atomic mass is 10.0. The van der Waals surface area contributed by atoms with Gasteiger partial charge < -0.3 is 10.8 Å². The Kier molecular flexibility index (Phi) is 3.06. The summed E-state index contributed by atoms with van der Waals surface area (Å²) in [6.45, 7) is 0. The van der Waals surface area contributed by atoms with Gasteiger partial charge in [0, 0.05) is 11.3 Å². The van der Waals surface area contributed by atoms with E-state index in [-0.39, 0.29) is 5.56 Å². The molecule has 1 atom stereocenters. The fourth-order valence-electron chi connectivity index (χ4n) is 1.64. The van der Waals surface area contributed by atoms with Crippen LogP contribution in [0.5, 0.6) is 0 Å². The van der Waals surface area contributed by atoms with Gasteiger partial charge in [-0.1, -0.05) is 24.3 Å². The topological polar surface area (TPSA) is 46.2 Å². The SMILES string of the molecule is Nc1cccc(C(O)c2cccc(F)c2F)c1. The van der Waals surface area contributed by atoms with Gasteiger partial charge in [-0.3, -0.25) is 0 Å². The lowest BCUT2D eigenvalue weighted by Gasteiger charge is -2.13. The van der Waals surface area contributed by atoms with E-state index in [0.717, 1.165) is 6.07 Å². The zero-order chi connectivity index (χ0) is 12.4. The zero-order valence-corrected chi connectivity index (χ0v) is 8.90. The third-order valence-electron chi connectivity index (χ3n) is 2.50. The van der Waals surface area contributed by atoms with Gasteiger partial charge in [0.25, 0.3) is 0 Å². The minimum absolute atomic E-state index is 0.101. The molecule has 2 aromatic rings. The predicted molar refractivity (Wildman–Crippen MR) is 61.3 cm³/mol. The van der Waals surface area contributed by atoms with Crippen molar-refractivity contribution in [3.8, 4) is 0 Å². The summed E-state index contributed by atoms with van der Waals surface area (Å²) in [4.78, 5) is 0. The van der Waals surface area contributed by atoms with E-state index in [4.69, 9.17) is 5.73 Å². The number of anilines is 1. The molecule has 2 rings (SSSR count). The molecule has 0 spiro atoms. The number of aliphatic hydroxyl groups excluding tert-OH is 1. The molecule has 0 bridgehead atoms. The predicted octanol–water partition coefficient (Wildman–Crippen LogP) is 2.63. The van der Waals surface area contributed by atoms with Gasteiger partial charge in [0.2, 0.25) is 0 Å². The number of rotatable bonds is 2. The Hall–Kier alpha value is -1.94. The van der Waals surface area contributed by atoms with Gasteiger partial charge in [-0.2, -0.15) is 0 Å². The van der Waals surface area contributed by atoms with E-state index in [0.29, 0.717) is 11.3 Å². The summed E-state index contributed by atoms with van der Waals surface area (Å²) in [7, 11) is 0. The minimum atomic E-state index is -1.23. The Morgan fingerprint density at radius 2 is 1.76 bits per heavy atom. The van der Waals surface area contributed by atoms with E-state index in [1.165, 1.54) is 18.2 Å². The van der Waals surface area contributed by atoms with Crippen LogP contribution in [0.1, 0.15) is 17.2 Å². The number of hydrogen-bond acceptors (Lipinski definition) is 2. The van der Waals surface area contributed by atoms with Crippen molar-refractivity contribution in [3.05, 3.63) is 65.2 Å². The Bertz CT molecular complexity index is 543. The highest BCUT2D eigenvalue weighted by molar-refractivity contribution is 5.43. The third kappa shape index (κ3) is 2.26. The molecular weight excluding hydrogens is 224 g/mol. The van der Waals surface area contributed by atoms with Crippen molar-refractivity contribution in [2.24, 2.45) is 0 Å². The van der Waals surface area contributed by atoms with Crippen molar-refractivity contribution in [2.75, 3.05) is 5.73 Å². The van der Waals surface area contributed by atoms with E-state index < -0.39 is 17.7 Å². The summed E-state index contributed by atoms with van der Waals surface area (Å²) >= 11 is 0. The molecule has 4 heteroatoms. The molecule has 0 aliphatic carbocycles. The fraction of sp³-hybridized carbons (Fsp3) is 0.0769. The molecule has 0 saturated heterocycles. The van der Waals surface area contributed by atoms with Gasteiger partial charge in [-0.15, -0.1) is 0 Å². The molecular formula is C13H11F2NO. The molecule has 0 fully saturated rings. The van der Waals surface area contributed by atoms with Crippen LogP contribution < -0.4 is 5.73 Å². The standard InChI is InChI=1S/C13H11F2NO/c14-11-6-2-5-10(12(11)15)13(17)8-3-1-4-9(16)7-8/h1-7,13,17H,16H2. The Labute approximate surface area is 97.3 Å². The van der Waals surface area contributed by atoms with Crippen molar-refractivity contribution in [1.29, 1.82) is 0 Å². The minimum Gasteiger partial charge on any atom is -0.399 e. The highest BCUT2D eigenvalue weighted by Gasteiger charge is 2.17. The average molecular weight is 235 g/mol. The molecule has 2 aromatic carbocycles. The number of benzene rings is 2. The first-order valence-corrected chi connectivity index (χ1v) is 5.07. The van der Waals surface area contributed by atoms with Crippen molar-refractivity contribution in [2.45, 2.75) is 6.10 Å². The molecule has 3 N–H and O–H groups in total. The van der Waals surface area contributed by atoms with Crippen LogP contribution in [0.2, 0.25) is 0 Å². The summed E-state index contributed by atoms with van der Waals surface area (Å²) in [6, 6.07) is 10.1. The molecule has 0 radical (unpaired) electrons. The van der Waals surface area contributed by atoms with E-state index in [1.54, 1.807) is 18.2 Å². The Balaban J connectivity index is 2.44. The largest absolute Gasteiger partial charge is 0.399 e. The van der Waals surface area contributed by atoms with Crippen LogP contribution in [0.4, 0.5) is 14.5 Å². The van der Waals surface area contributed by atoms with Crippen molar-refractivity contribution >= 4 is 5.69 Å². The summed E-state index contributed by atoms with van der Waals surface area (Å²) in [6.07, 6.45) is -1.23. The quantitative estimate of drug-likeness (QED) is 0.786. The zero-order valence-electron chi connectivity index (χ0n) is 8.90. The van der Waals surface area contributed by atoms with Gasteiger partial charge in [-0.25, -0.2) is 8.78 Å². The molecule has 1 unspecified atom stereocenters. The fourth-order valence-corrected chi connectivity index (χ4v) is 1.64. The second kappa shape index (κ2) is 4.51. The summed E-state index contributed by atoms with van der Waals surface area (Å²) in [5.41, 5.74) is 6.34. The number of nitrogen functional groups attached to an aromatic ring is 1. The van der Waals surface area contributed by atoms with Gasteiger partial charge >= 0.3 is 0 Å². The van der Waals surface area contributed by atoms with Crippen LogP contribution in [0.15, 0.2) is 42.5 Å². The van der Waals surface area contributed by atoms with E-state index in [2.05, 4.69) is 0 Å². The highest BCUT2D eigenvalue weighted by atomic mass is 19.2. The molecule has 0 heterocycles. The van der Waals surface area contributed by atoms with Gasteiger partial charge in [0.15, 0.2) is 11.6 Å². The van der Waals surface area contributed by atoms with Gasteiger partial charge in [0.1, 0.15) is 6.10 Å². The molecule has 0 aliphatic heterocycles. The number of aliphatic hydroxyl groups is 1. The molecule has 0 amide bonds. The maximum Gasteiger partial charge on any atom is 0.164 e. The molecule has 88 valence electrons. The third-order valence-corrected chi connectivity index (χ3v) is 2.50. The summed E-state index contributed by atoms with van der Waals surface area (Å²) in [5.74, 6) is -2.02. The number of nitrogens with two attached hydrogens (primary N) is 1. The first kappa shape index (κ1) is 11.5. The van der Waals surface area contributed by atoms with Gasteiger partial charge in [0.05, 0.1) is 0 Å². The van der Waals surface area contributed by atoms with Crippen molar-refractivity contribution in [1.82, 2.24) is 0 Å². The van der Waals surface area contributed by atoms with E-state index in [1.807, 2.05) is 0 Å². The van der Waals surface area contributed by atoms with Crippen molar-refractivity contribution < 1.29 is 13.9 Å². The molecule has 0 aromatic heterocycles. The summed E-state index contributed by atoms with van der Waals surface area (Å²) in [5, 5.41) is 9.96. The second-order valence-corrected chi connectivity index (χ2v) is 3.72. The normalized spacial score (nSPS) is 12.4. The molecule has 2 nitrogen and oxygen atoms in total. The summed E-state index contributed by atoms with van der Waals surface area (Å²) < 4.78 is 26.5. The second-order valence-electron chi connectivity index (χ2n) is 3.72. The first-order valence-electron chi connectivity index (χ1n) is 5.07. The highest BCUT2D eigenvalue weighted by Crippen LogP contribution is 2.26. The van der Waals surface area contributed by atoms with Crippen LogP contribution >= 0.6 is 0 Å². The monoisotopic (exact) mass is 235 g/mol. The van der Waals surface area contributed by atoms with Gasteiger partial charge in [-0.05, 0) is 23.8 Å². The maximum atomic E-state index is 13.5. The van der Waals surface area contributed by atoms with Crippen LogP contribution in [-0.4, -0.2) is 5.11 Å². The Morgan fingerprint density at radius 3 is 2.47 bits per heavy atom. The molecule has 17 heavy (non-hydrogen) atoms. The average Bonchev–Trinajstić information content (AvgIpc) is 2.32. The first-order chi connectivity index (χ1) is 8.09. The Morgan fingerprint density at radius 1 is 1.06 bits per heavy atom. The van der Waals surface area contributed by atoms with Crippen LogP contribution in [0.3, 0.4) is 0 Å².